The molecule has 17 heavy (non-hydrogen) atoms. The molecule has 1 atom stereocenters. The van der Waals surface area contributed by atoms with Crippen LogP contribution in [-0.4, -0.2) is 30.9 Å². The van der Waals surface area contributed by atoms with E-state index in [1.165, 1.54) is 12.1 Å². The monoisotopic (exact) mass is 238 g/mol. The predicted octanol–water partition coefficient (Wildman–Crippen LogP) is 1.95. The van der Waals surface area contributed by atoms with Crippen molar-refractivity contribution in [1.29, 1.82) is 0 Å². The zero-order chi connectivity index (χ0) is 12.8. The summed E-state index contributed by atoms with van der Waals surface area (Å²) in [6.45, 7) is 4.88. The molecule has 0 aromatic heterocycles. The number of hydrogen-bond acceptors (Lipinski definition) is 2. The molecule has 0 heterocycles. The van der Waals surface area contributed by atoms with Gasteiger partial charge in [0.1, 0.15) is 5.82 Å². The van der Waals surface area contributed by atoms with E-state index < -0.39 is 0 Å². The van der Waals surface area contributed by atoms with E-state index in [4.69, 9.17) is 0 Å². The van der Waals surface area contributed by atoms with Crippen molar-refractivity contribution < 1.29 is 9.18 Å². The van der Waals surface area contributed by atoms with Gasteiger partial charge in [-0.15, -0.1) is 0 Å². The van der Waals surface area contributed by atoms with E-state index in [2.05, 4.69) is 5.32 Å². The summed E-state index contributed by atoms with van der Waals surface area (Å²) in [5.74, 6) is -0.191. The lowest BCUT2D eigenvalue weighted by molar-refractivity contribution is -0.128. The van der Waals surface area contributed by atoms with Gasteiger partial charge in [0.25, 0.3) is 0 Å². The van der Waals surface area contributed by atoms with Gasteiger partial charge in [-0.2, -0.15) is 0 Å². The molecule has 1 aromatic carbocycles. The SMILES string of the molecule is CCN(C)C(=O)CN[C@H](C)c1ccc(F)cc1. The van der Waals surface area contributed by atoms with Crippen LogP contribution in [0, 0.1) is 5.82 Å². The highest BCUT2D eigenvalue weighted by Crippen LogP contribution is 2.12. The van der Waals surface area contributed by atoms with Crippen molar-refractivity contribution in [2.45, 2.75) is 19.9 Å². The lowest BCUT2D eigenvalue weighted by atomic mass is 10.1. The summed E-state index contributed by atoms with van der Waals surface area (Å²) in [7, 11) is 1.77. The number of amides is 1. The van der Waals surface area contributed by atoms with Crippen molar-refractivity contribution in [3.63, 3.8) is 0 Å². The Kier molecular flexibility index (Phi) is 5.10. The molecule has 0 unspecified atom stereocenters. The fourth-order valence-electron chi connectivity index (χ4n) is 1.42. The molecule has 94 valence electrons. The maximum absolute atomic E-state index is 12.7. The van der Waals surface area contributed by atoms with E-state index >= 15 is 0 Å². The smallest absolute Gasteiger partial charge is 0.236 e. The van der Waals surface area contributed by atoms with Gasteiger partial charge in [0.05, 0.1) is 6.54 Å². The molecule has 3 nitrogen and oxygen atoms in total. The third-order valence-corrected chi connectivity index (χ3v) is 2.83. The first-order valence-electron chi connectivity index (χ1n) is 5.77. The molecule has 1 N–H and O–H groups in total. The molecule has 0 spiro atoms. The summed E-state index contributed by atoms with van der Waals surface area (Å²) in [4.78, 5) is 13.2. The minimum Gasteiger partial charge on any atom is -0.345 e. The summed E-state index contributed by atoms with van der Waals surface area (Å²) < 4.78 is 12.7. The Labute approximate surface area is 102 Å². The van der Waals surface area contributed by atoms with Gasteiger partial charge < -0.3 is 10.2 Å². The highest BCUT2D eigenvalue weighted by Gasteiger charge is 2.09. The molecule has 0 aliphatic heterocycles. The molecular weight excluding hydrogens is 219 g/mol. The van der Waals surface area contributed by atoms with Crippen LogP contribution in [0.25, 0.3) is 0 Å². The van der Waals surface area contributed by atoms with Crippen molar-refractivity contribution in [1.82, 2.24) is 10.2 Å². The van der Waals surface area contributed by atoms with E-state index in [0.717, 1.165) is 5.56 Å². The molecule has 0 saturated carbocycles. The summed E-state index contributed by atoms with van der Waals surface area (Å²) in [6, 6.07) is 6.33. The summed E-state index contributed by atoms with van der Waals surface area (Å²) in [6.07, 6.45) is 0. The number of hydrogen-bond donors (Lipinski definition) is 1. The molecule has 0 saturated heterocycles. The van der Waals surface area contributed by atoms with Crippen molar-refractivity contribution in [2.75, 3.05) is 20.1 Å². The van der Waals surface area contributed by atoms with Crippen molar-refractivity contribution in [2.24, 2.45) is 0 Å². The number of carbonyl (C=O) groups is 1. The van der Waals surface area contributed by atoms with Crippen molar-refractivity contribution in [3.05, 3.63) is 35.6 Å². The van der Waals surface area contributed by atoms with E-state index in [1.807, 2.05) is 13.8 Å². The molecule has 0 radical (unpaired) electrons. The molecule has 0 bridgehead atoms. The first-order valence-corrected chi connectivity index (χ1v) is 5.77. The maximum atomic E-state index is 12.7. The number of nitrogens with one attached hydrogen (secondary N) is 1. The van der Waals surface area contributed by atoms with E-state index in [0.29, 0.717) is 13.1 Å². The first-order chi connectivity index (χ1) is 8.04. The van der Waals surface area contributed by atoms with Gasteiger partial charge in [-0.05, 0) is 31.5 Å². The van der Waals surface area contributed by atoms with Crippen LogP contribution in [0.3, 0.4) is 0 Å². The molecule has 0 aliphatic rings. The van der Waals surface area contributed by atoms with Gasteiger partial charge in [0.15, 0.2) is 0 Å². The molecule has 1 amide bonds. The van der Waals surface area contributed by atoms with Crippen LogP contribution < -0.4 is 5.32 Å². The lowest BCUT2D eigenvalue weighted by Crippen LogP contribution is -2.36. The van der Waals surface area contributed by atoms with Gasteiger partial charge in [0.2, 0.25) is 5.91 Å². The standard InChI is InChI=1S/C13H19FN2O/c1-4-16(3)13(17)9-15-10(2)11-5-7-12(14)8-6-11/h5-8,10,15H,4,9H2,1-3H3/t10-/m1/s1. The predicted molar refractivity (Wildman–Crippen MR) is 66.1 cm³/mol. The van der Waals surface area contributed by atoms with Crippen LogP contribution in [0.1, 0.15) is 25.5 Å². The van der Waals surface area contributed by atoms with Crippen LogP contribution in [0.5, 0.6) is 0 Å². The van der Waals surface area contributed by atoms with Gasteiger partial charge in [-0.25, -0.2) is 4.39 Å². The minimum atomic E-state index is -0.247. The van der Waals surface area contributed by atoms with E-state index in [9.17, 15) is 9.18 Å². The Morgan fingerprint density at radius 1 is 1.41 bits per heavy atom. The summed E-state index contributed by atoms with van der Waals surface area (Å²) in [5, 5.41) is 3.12. The number of carbonyl (C=O) groups excluding carboxylic acids is 1. The van der Waals surface area contributed by atoms with Crippen LogP contribution in [0.4, 0.5) is 4.39 Å². The number of benzene rings is 1. The molecular formula is C13H19FN2O. The van der Waals surface area contributed by atoms with Gasteiger partial charge in [0, 0.05) is 19.6 Å². The second-order valence-corrected chi connectivity index (χ2v) is 4.06. The van der Waals surface area contributed by atoms with E-state index in [-0.39, 0.29) is 17.8 Å². The fraction of sp³-hybridized carbons (Fsp3) is 0.462. The number of rotatable bonds is 5. The van der Waals surface area contributed by atoms with Gasteiger partial charge in [-0.3, -0.25) is 4.79 Å². The molecule has 1 rings (SSSR count). The van der Waals surface area contributed by atoms with E-state index in [1.54, 1.807) is 24.1 Å². The fourth-order valence-corrected chi connectivity index (χ4v) is 1.42. The maximum Gasteiger partial charge on any atom is 0.236 e. The lowest BCUT2D eigenvalue weighted by Gasteiger charge is -2.18. The Morgan fingerprint density at radius 3 is 2.53 bits per heavy atom. The molecule has 0 fully saturated rings. The summed E-state index contributed by atoms with van der Waals surface area (Å²) in [5.41, 5.74) is 0.971. The van der Waals surface area contributed by atoms with Crippen LogP contribution in [0.2, 0.25) is 0 Å². The van der Waals surface area contributed by atoms with Crippen LogP contribution in [-0.2, 0) is 4.79 Å². The van der Waals surface area contributed by atoms with Crippen molar-refractivity contribution in [3.8, 4) is 0 Å². The third kappa shape index (κ3) is 4.15. The second-order valence-electron chi connectivity index (χ2n) is 4.06. The van der Waals surface area contributed by atoms with Gasteiger partial charge >= 0.3 is 0 Å². The average Bonchev–Trinajstić information content (AvgIpc) is 2.35. The largest absolute Gasteiger partial charge is 0.345 e. The topological polar surface area (TPSA) is 32.3 Å². The number of halogens is 1. The Balaban J connectivity index is 2.47. The Morgan fingerprint density at radius 2 is 2.00 bits per heavy atom. The second kappa shape index (κ2) is 6.35. The van der Waals surface area contributed by atoms with Crippen LogP contribution in [0.15, 0.2) is 24.3 Å². The third-order valence-electron chi connectivity index (χ3n) is 2.83. The van der Waals surface area contributed by atoms with Crippen LogP contribution >= 0.6 is 0 Å². The highest BCUT2D eigenvalue weighted by molar-refractivity contribution is 5.77. The number of likely N-dealkylation sites (N-methyl/N-ethyl adjacent to an activating group) is 1. The highest BCUT2D eigenvalue weighted by atomic mass is 19.1. The molecule has 4 heteroatoms. The zero-order valence-electron chi connectivity index (χ0n) is 10.5. The normalized spacial score (nSPS) is 12.2. The number of nitrogens with zero attached hydrogens (tertiary/aromatic N) is 1. The Hall–Kier alpha value is -1.42. The zero-order valence-corrected chi connectivity index (χ0v) is 10.5. The molecule has 0 aliphatic carbocycles. The van der Waals surface area contributed by atoms with Gasteiger partial charge in [-0.1, -0.05) is 12.1 Å². The minimum absolute atomic E-state index is 0.0322. The Bertz CT molecular complexity index is 364. The molecule has 1 aromatic rings. The van der Waals surface area contributed by atoms with Crippen molar-refractivity contribution >= 4 is 5.91 Å². The average molecular weight is 238 g/mol. The quantitative estimate of drug-likeness (QED) is 0.850. The first kappa shape index (κ1) is 13.6. The summed E-state index contributed by atoms with van der Waals surface area (Å²) >= 11 is 0.